The molecule has 0 aliphatic carbocycles. The zero-order chi connectivity index (χ0) is 11.8. The van der Waals surface area contributed by atoms with Gasteiger partial charge in [0.2, 0.25) is 0 Å². The van der Waals surface area contributed by atoms with Crippen LogP contribution in [0.15, 0.2) is 18.3 Å². The molecule has 0 saturated heterocycles. The quantitative estimate of drug-likeness (QED) is 0.813. The lowest BCUT2D eigenvalue weighted by Gasteiger charge is -2.06. The first-order chi connectivity index (χ1) is 7.50. The molecule has 1 radical (unpaired) electrons. The number of alkyl halides is 3. The third kappa shape index (κ3) is 2.04. The fourth-order valence-electron chi connectivity index (χ4n) is 1.20. The summed E-state index contributed by atoms with van der Waals surface area (Å²) in [5.41, 5.74) is -0.925. The van der Waals surface area contributed by atoms with E-state index in [2.05, 4.69) is 21.4 Å². The van der Waals surface area contributed by atoms with Gasteiger partial charge in [-0.25, -0.2) is 0 Å². The second kappa shape index (κ2) is 4.04. The minimum Gasteiger partial charge on any atom is -0.275 e. The Hall–Kier alpha value is -1.12. The van der Waals surface area contributed by atoms with Gasteiger partial charge in [-0.15, -0.1) is 0 Å². The number of nitrogens with zero attached hydrogens (tertiary/aromatic N) is 2. The van der Waals surface area contributed by atoms with Gasteiger partial charge >= 0.3 is 6.18 Å². The van der Waals surface area contributed by atoms with Crippen LogP contribution < -0.4 is 0 Å². The van der Waals surface area contributed by atoms with Crippen molar-refractivity contribution in [3.63, 3.8) is 0 Å². The maximum absolute atomic E-state index is 12.6. The summed E-state index contributed by atoms with van der Waals surface area (Å²) in [5.74, 6) is 0. The molecule has 0 aliphatic heterocycles. The van der Waals surface area contributed by atoms with Gasteiger partial charge in [0.15, 0.2) is 5.69 Å². The van der Waals surface area contributed by atoms with Crippen LogP contribution in [0.3, 0.4) is 0 Å². The molecule has 3 nitrogen and oxygen atoms in total. The smallest absolute Gasteiger partial charge is 0.275 e. The normalized spacial score (nSPS) is 11.8. The van der Waals surface area contributed by atoms with E-state index >= 15 is 0 Å². The van der Waals surface area contributed by atoms with Crippen LogP contribution in [0.4, 0.5) is 13.2 Å². The molecule has 0 spiro atoms. The van der Waals surface area contributed by atoms with Crippen molar-refractivity contribution < 1.29 is 13.2 Å². The number of hydrogen-bond acceptors (Lipinski definition) is 2. The Kier molecular flexibility index (Phi) is 2.87. The molecule has 2 aromatic heterocycles. The van der Waals surface area contributed by atoms with Gasteiger partial charge in [0, 0.05) is 9.77 Å². The van der Waals surface area contributed by atoms with E-state index in [1.54, 1.807) is 12.1 Å². The number of nitrogens with one attached hydrogen (secondary N) is 1. The summed E-state index contributed by atoms with van der Waals surface area (Å²) in [6.07, 6.45) is -0.732. The van der Waals surface area contributed by atoms with Gasteiger partial charge in [0.25, 0.3) is 0 Å². The van der Waals surface area contributed by atoms with Gasteiger partial charge in [0.1, 0.15) is 0 Å². The third-order valence-electron chi connectivity index (χ3n) is 1.85. The highest BCUT2D eigenvalue weighted by molar-refractivity contribution is 14.1. The molecule has 0 aromatic carbocycles. The largest absolute Gasteiger partial charge is 0.435 e. The summed E-state index contributed by atoms with van der Waals surface area (Å²) >= 11 is 1.91. The van der Waals surface area contributed by atoms with Crippen molar-refractivity contribution in [1.82, 2.24) is 15.2 Å². The summed E-state index contributed by atoms with van der Waals surface area (Å²) in [6, 6.07) is 3.32. The van der Waals surface area contributed by atoms with E-state index in [9.17, 15) is 13.2 Å². The van der Waals surface area contributed by atoms with Gasteiger partial charge < -0.3 is 0 Å². The molecule has 0 aliphatic rings. The maximum Gasteiger partial charge on any atom is 0.435 e. The average Bonchev–Trinajstić information content (AvgIpc) is 2.66. The molecule has 83 valence electrons. The molecule has 0 bridgehead atoms. The number of aromatic amines is 1. The van der Waals surface area contributed by atoms with Crippen LogP contribution in [0.5, 0.6) is 0 Å². The highest BCUT2D eigenvalue weighted by atomic mass is 127. The lowest BCUT2D eigenvalue weighted by atomic mass is 10.1. The topological polar surface area (TPSA) is 41.6 Å². The summed E-state index contributed by atoms with van der Waals surface area (Å²) in [5, 5.41) is 5.25. The number of rotatable bonds is 1. The molecule has 0 amide bonds. The predicted molar refractivity (Wildman–Crippen MR) is 58.4 cm³/mol. The molecule has 2 aromatic rings. The van der Waals surface area contributed by atoms with E-state index in [-0.39, 0.29) is 11.3 Å². The van der Waals surface area contributed by atoms with Crippen LogP contribution in [0.1, 0.15) is 5.69 Å². The fraction of sp³-hybridized carbons (Fsp3) is 0.111. The van der Waals surface area contributed by atoms with Crippen molar-refractivity contribution >= 4 is 22.6 Å². The SMILES string of the molecule is FC(F)(F)c1n[nH][c]c1-c1ncccc1I. The molecule has 0 saturated carbocycles. The number of aromatic nitrogens is 3. The van der Waals surface area contributed by atoms with Crippen LogP contribution in [0, 0.1) is 9.77 Å². The summed E-state index contributed by atoms with van der Waals surface area (Å²) in [6.45, 7) is 0. The van der Waals surface area contributed by atoms with Crippen molar-refractivity contribution in [1.29, 1.82) is 0 Å². The number of halogens is 4. The lowest BCUT2D eigenvalue weighted by Crippen LogP contribution is -2.08. The van der Waals surface area contributed by atoms with E-state index in [0.717, 1.165) is 0 Å². The molecule has 7 heteroatoms. The molecule has 0 unspecified atom stereocenters. The Morgan fingerprint density at radius 1 is 1.38 bits per heavy atom. The summed E-state index contributed by atoms with van der Waals surface area (Å²) in [4.78, 5) is 3.90. The van der Waals surface area contributed by atoms with Crippen LogP contribution in [0.2, 0.25) is 0 Å². The Morgan fingerprint density at radius 3 is 2.75 bits per heavy atom. The standard InChI is InChI=1S/C9H4F3IN3/c10-9(11,12)8-5(4-15-16-8)7-6(13)2-1-3-14-7/h1-3H,(H,15,16). The second-order valence-corrected chi connectivity index (χ2v) is 4.07. The number of H-pyrrole nitrogens is 1. The van der Waals surface area contributed by atoms with E-state index < -0.39 is 11.9 Å². The summed E-state index contributed by atoms with van der Waals surface area (Å²) < 4.78 is 38.3. The third-order valence-corrected chi connectivity index (χ3v) is 2.72. The molecule has 16 heavy (non-hydrogen) atoms. The molecule has 2 heterocycles. The molecular weight excluding hydrogens is 334 g/mol. The van der Waals surface area contributed by atoms with Crippen LogP contribution in [-0.4, -0.2) is 15.2 Å². The monoisotopic (exact) mass is 338 g/mol. The Labute approximate surface area is 102 Å². The minimum absolute atomic E-state index is 0.155. The van der Waals surface area contributed by atoms with E-state index in [1.807, 2.05) is 22.6 Å². The van der Waals surface area contributed by atoms with Crippen LogP contribution in [0.25, 0.3) is 11.3 Å². The van der Waals surface area contributed by atoms with Gasteiger partial charge in [-0.1, -0.05) is 0 Å². The Morgan fingerprint density at radius 2 is 2.12 bits per heavy atom. The van der Waals surface area contributed by atoms with Crippen LogP contribution >= 0.6 is 22.6 Å². The Bertz CT molecular complexity index is 507. The van der Waals surface area contributed by atoms with Crippen LogP contribution in [-0.2, 0) is 6.18 Å². The molecule has 1 N–H and O–H groups in total. The summed E-state index contributed by atoms with van der Waals surface area (Å²) in [7, 11) is 0. The van der Waals surface area contributed by atoms with Crippen molar-refractivity contribution in [2.24, 2.45) is 0 Å². The molecule has 2 rings (SSSR count). The van der Waals surface area contributed by atoms with Gasteiger partial charge in [-0.05, 0) is 34.7 Å². The number of pyridine rings is 1. The second-order valence-electron chi connectivity index (χ2n) is 2.90. The Balaban J connectivity index is 2.58. The fourth-order valence-corrected chi connectivity index (χ4v) is 1.82. The average molecular weight is 338 g/mol. The van der Waals surface area contributed by atoms with Crippen molar-refractivity contribution in [3.05, 3.63) is 33.8 Å². The first kappa shape index (κ1) is 11.4. The van der Waals surface area contributed by atoms with Crippen molar-refractivity contribution in [2.75, 3.05) is 0 Å². The lowest BCUT2D eigenvalue weighted by molar-refractivity contribution is -0.140. The predicted octanol–water partition coefficient (Wildman–Crippen LogP) is 2.90. The first-order valence-corrected chi connectivity index (χ1v) is 5.22. The first-order valence-electron chi connectivity index (χ1n) is 4.14. The van der Waals surface area contributed by atoms with E-state index in [1.165, 1.54) is 6.20 Å². The highest BCUT2D eigenvalue weighted by Gasteiger charge is 2.37. The van der Waals surface area contributed by atoms with Gasteiger partial charge in [-0.2, -0.15) is 18.3 Å². The highest BCUT2D eigenvalue weighted by Crippen LogP contribution is 2.35. The number of hydrogen-bond donors (Lipinski definition) is 1. The molecule has 0 atom stereocenters. The zero-order valence-corrected chi connectivity index (χ0v) is 9.80. The molecule has 0 fully saturated rings. The van der Waals surface area contributed by atoms with Gasteiger partial charge in [0.05, 0.1) is 17.5 Å². The maximum atomic E-state index is 12.6. The minimum atomic E-state index is -4.51. The van der Waals surface area contributed by atoms with E-state index in [4.69, 9.17) is 0 Å². The zero-order valence-electron chi connectivity index (χ0n) is 7.64. The van der Waals surface area contributed by atoms with Gasteiger partial charge in [-0.3, -0.25) is 10.1 Å². The molecular formula is C9H4F3IN3. The van der Waals surface area contributed by atoms with Crippen molar-refractivity contribution in [3.8, 4) is 11.3 Å². The van der Waals surface area contributed by atoms with Crippen molar-refractivity contribution in [2.45, 2.75) is 6.18 Å². The van der Waals surface area contributed by atoms with E-state index in [0.29, 0.717) is 3.57 Å².